The van der Waals surface area contributed by atoms with Gasteiger partial charge in [0.05, 0.1) is 25.2 Å². The van der Waals surface area contributed by atoms with E-state index in [1.165, 1.54) is 6.33 Å². The third-order valence-electron chi connectivity index (χ3n) is 4.79. The molecular formula is C20H18F3N7O. The van der Waals surface area contributed by atoms with E-state index in [2.05, 4.69) is 30.2 Å². The Kier molecular flexibility index (Phi) is 5.17. The minimum Gasteiger partial charge on any atom is -0.494 e. The minimum atomic E-state index is -4.59. The number of nitrogens with zero attached hydrogens (tertiary/aromatic N) is 6. The van der Waals surface area contributed by atoms with Crippen molar-refractivity contribution in [3.63, 3.8) is 0 Å². The maximum atomic E-state index is 12.7. The Hall–Kier alpha value is -3.76. The highest BCUT2D eigenvalue weighted by Gasteiger charge is 2.34. The van der Waals surface area contributed by atoms with E-state index in [0.29, 0.717) is 28.0 Å². The standard InChI is InChI=1S/C20H18F3N7O/c1-11-6-24-10-30(11)14-4-15-17(16(5-14)31-3)27-9-28-18(15)29-12(2)13-7-25-19(26-8-13)20(21,22)23/h4-10,12H,1-3H3,(H,27,28,29)/t12-/m1/s1. The van der Waals surface area contributed by atoms with E-state index in [4.69, 9.17) is 4.74 Å². The second kappa shape index (κ2) is 7.82. The number of nitrogens with one attached hydrogen (secondary N) is 1. The van der Waals surface area contributed by atoms with Gasteiger partial charge in [-0.05, 0) is 19.9 Å². The Bertz CT molecular complexity index is 1220. The van der Waals surface area contributed by atoms with Crippen LogP contribution in [0.15, 0.2) is 43.4 Å². The second-order valence-electron chi connectivity index (χ2n) is 6.88. The molecule has 0 aliphatic carbocycles. The van der Waals surface area contributed by atoms with E-state index in [0.717, 1.165) is 23.8 Å². The van der Waals surface area contributed by atoms with Gasteiger partial charge < -0.3 is 14.6 Å². The van der Waals surface area contributed by atoms with Crippen molar-refractivity contribution in [1.29, 1.82) is 0 Å². The van der Waals surface area contributed by atoms with Crippen LogP contribution in [0.1, 0.15) is 30.0 Å². The van der Waals surface area contributed by atoms with Crippen LogP contribution in [0.4, 0.5) is 19.0 Å². The van der Waals surface area contributed by atoms with Crippen molar-refractivity contribution < 1.29 is 17.9 Å². The van der Waals surface area contributed by atoms with Crippen LogP contribution in [-0.2, 0) is 6.18 Å². The third kappa shape index (κ3) is 3.98. The number of anilines is 1. The van der Waals surface area contributed by atoms with E-state index in [9.17, 15) is 13.2 Å². The number of benzene rings is 1. The summed E-state index contributed by atoms with van der Waals surface area (Å²) in [5, 5.41) is 3.89. The van der Waals surface area contributed by atoms with Gasteiger partial charge in [-0.3, -0.25) is 0 Å². The number of aryl methyl sites for hydroxylation is 1. The highest BCUT2D eigenvalue weighted by molar-refractivity contribution is 5.94. The molecule has 8 nitrogen and oxygen atoms in total. The van der Waals surface area contributed by atoms with Crippen molar-refractivity contribution in [2.75, 3.05) is 12.4 Å². The maximum absolute atomic E-state index is 12.7. The van der Waals surface area contributed by atoms with Crippen molar-refractivity contribution in [3.05, 3.63) is 60.5 Å². The first kappa shape index (κ1) is 20.5. The molecule has 1 N–H and O–H groups in total. The third-order valence-corrected chi connectivity index (χ3v) is 4.79. The molecule has 1 aromatic carbocycles. The quantitative estimate of drug-likeness (QED) is 0.510. The van der Waals surface area contributed by atoms with Crippen LogP contribution in [0.5, 0.6) is 5.75 Å². The number of methoxy groups -OCH3 is 1. The Labute approximate surface area is 175 Å². The highest BCUT2D eigenvalue weighted by Crippen LogP contribution is 2.33. The summed E-state index contributed by atoms with van der Waals surface area (Å²) >= 11 is 0. The van der Waals surface area contributed by atoms with Crippen molar-refractivity contribution in [1.82, 2.24) is 29.5 Å². The Morgan fingerprint density at radius 1 is 1.06 bits per heavy atom. The zero-order valence-electron chi connectivity index (χ0n) is 16.8. The average molecular weight is 429 g/mol. The molecule has 160 valence electrons. The smallest absolute Gasteiger partial charge is 0.451 e. The zero-order chi connectivity index (χ0) is 22.2. The molecule has 4 rings (SSSR count). The van der Waals surface area contributed by atoms with Gasteiger partial charge in [0.1, 0.15) is 23.4 Å². The van der Waals surface area contributed by atoms with Gasteiger partial charge in [0.2, 0.25) is 5.82 Å². The topological polar surface area (TPSA) is 90.6 Å². The number of hydrogen-bond acceptors (Lipinski definition) is 7. The lowest BCUT2D eigenvalue weighted by Crippen LogP contribution is -2.14. The van der Waals surface area contributed by atoms with Crippen LogP contribution in [0.25, 0.3) is 16.6 Å². The van der Waals surface area contributed by atoms with Crippen LogP contribution < -0.4 is 10.1 Å². The number of aromatic nitrogens is 6. The molecule has 0 radical (unpaired) electrons. The van der Waals surface area contributed by atoms with Crippen LogP contribution in [0.3, 0.4) is 0 Å². The summed E-state index contributed by atoms with van der Waals surface area (Å²) in [5.74, 6) is -0.132. The van der Waals surface area contributed by atoms with Crippen molar-refractivity contribution in [2.24, 2.45) is 0 Å². The van der Waals surface area contributed by atoms with Crippen LogP contribution >= 0.6 is 0 Å². The number of alkyl halides is 3. The molecule has 1 atom stereocenters. The molecule has 0 saturated carbocycles. The van der Waals surface area contributed by atoms with E-state index in [1.54, 1.807) is 26.6 Å². The molecule has 0 aliphatic heterocycles. The molecular weight excluding hydrogens is 411 g/mol. The van der Waals surface area contributed by atoms with Crippen LogP contribution in [0, 0.1) is 6.92 Å². The fraction of sp³-hybridized carbons (Fsp3) is 0.250. The van der Waals surface area contributed by atoms with Gasteiger partial charge in [0, 0.05) is 41.3 Å². The van der Waals surface area contributed by atoms with Crippen LogP contribution in [-0.4, -0.2) is 36.6 Å². The Balaban J connectivity index is 1.73. The number of halogens is 3. The van der Waals surface area contributed by atoms with Crippen molar-refractivity contribution in [2.45, 2.75) is 26.1 Å². The van der Waals surface area contributed by atoms with Crippen molar-refractivity contribution >= 4 is 16.7 Å². The number of ether oxygens (including phenoxy) is 1. The average Bonchev–Trinajstić information content (AvgIpc) is 3.18. The largest absolute Gasteiger partial charge is 0.494 e. The summed E-state index contributed by atoms with van der Waals surface area (Å²) in [6, 6.07) is 3.33. The second-order valence-corrected chi connectivity index (χ2v) is 6.88. The van der Waals surface area contributed by atoms with E-state index < -0.39 is 18.0 Å². The van der Waals surface area contributed by atoms with E-state index >= 15 is 0 Å². The predicted octanol–water partition coefficient (Wildman–Crippen LogP) is 4.11. The first-order valence-corrected chi connectivity index (χ1v) is 9.25. The molecule has 0 amide bonds. The summed E-state index contributed by atoms with van der Waals surface area (Å²) in [5.41, 5.74) is 2.82. The SMILES string of the molecule is COc1cc(-n2cncc2C)cc2c(N[C@H](C)c3cnc(C(F)(F)F)nc3)ncnc12. The number of fused-ring (bicyclic) bond motifs is 1. The van der Waals surface area contributed by atoms with Gasteiger partial charge in [-0.25, -0.2) is 24.9 Å². The summed E-state index contributed by atoms with van der Waals surface area (Å²) < 4.78 is 45.6. The van der Waals surface area contributed by atoms with Gasteiger partial charge in [-0.15, -0.1) is 0 Å². The maximum Gasteiger partial charge on any atom is 0.451 e. The minimum absolute atomic E-state index is 0.412. The lowest BCUT2D eigenvalue weighted by Gasteiger charge is -2.17. The lowest BCUT2D eigenvalue weighted by molar-refractivity contribution is -0.145. The van der Waals surface area contributed by atoms with Gasteiger partial charge >= 0.3 is 6.18 Å². The predicted molar refractivity (Wildman–Crippen MR) is 107 cm³/mol. The molecule has 0 unspecified atom stereocenters. The normalized spacial score (nSPS) is 12.7. The molecule has 0 spiro atoms. The summed E-state index contributed by atoms with van der Waals surface area (Å²) in [4.78, 5) is 19.6. The molecule has 11 heteroatoms. The number of rotatable bonds is 5. The molecule has 4 aromatic rings. The molecule has 0 aliphatic rings. The molecule has 0 fully saturated rings. The summed E-state index contributed by atoms with van der Waals surface area (Å²) in [7, 11) is 1.55. The molecule has 31 heavy (non-hydrogen) atoms. The van der Waals surface area contributed by atoms with Gasteiger partial charge in [0.25, 0.3) is 0 Å². The zero-order valence-corrected chi connectivity index (χ0v) is 16.8. The fourth-order valence-corrected chi connectivity index (χ4v) is 3.16. The fourth-order valence-electron chi connectivity index (χ4n) is 3.16. The number of hydrogen-bond donors (Lipinski definition) is 1. The van der Waals surface area contributed by atoms with Gasteiger partial charge in [0.15, 0.2) is 0 Å². The first-order chi connectivity index (χ1) is 14.8. The Morgan fingerprint density at radius 2 is 1.81 bits per heavy atom. The van der Waals surface area contributed by atoms with E-state index in [1.807, 2.05) is 23.6 Å². The van der Waals surface area contributed by atoms with Crippen molar-refractivity contribution in [3.8, 4) is 11.4 Å². The van der Waals surface area contributed by atoms with Crippen LogP contribution in [0.2, 0.25) is 0 Å². The van der Waals surface area contributed by atoms with Gasteiger partial charge in [-0.2, -0.15) is 13.2 Å². The summed E-state index contributed by atoms with van der Waals surface area (Å²) in [6.45, 7) is 3.71. The van der Waals surface area contributed by atoms with E-state index in [-0.39, 0.29) is 0 Å². The molecule has 0 saturated heterocycles. The first-order valence-electron chi connectivity index (χ1n) is 9.25. The molecule has 0 bridgehead atoms. The monoisotopic (exact) mass is 429 g/mol. The number of imidazole rings is 1. The molecule has 3 aromatic heterocycles. The van der Waals surface area contributed by atoms with Gasteiger partial charge in [-0.1, -0.05) is 0 Å². The highest BCUT2D eigenvalue weighted by atomic mass is 19.4. The summed E-state index contributed by atoms with van der Waals surface area (Å²) in [6.07, 6.45) is 2.54. The lowest BCUT2D eigenvalue weighted by atomic mass is 10.1. The Morgan fingerprint density at radius 3 is 2.42 bits per heavy atom. The molecule has 3 heterocycles.